The molecule has 2 aliphatic carbocycles. The number of likely N-dealkylation sites (tertiary alicyclic amines) is 1. The lowest BCUT2D eigenvalue weighted by atomic mass is 10.0. The quantitative estimate of drug-likeness (QED) is 0.834. The second kappa shape index (κ2) is 8.19. The molecule has 1 saturated heterocycles. The highest BCUT2D eigenvalue weighted by molar-refractivity contribution is 5.78. The number of carbonyl (C=O) groups is 1. The number of fused-ring (bicyclic) bond motifs is 1. The highest BCUT2D eigenvalue weighted by Gasteiger charge is 2.42. The van der Waals surface area contributed by atoms with E-state index in [1.165, 1.54) is 18.4 Å². The number of ether oxygens (including phenoxy) is 1. The molecule has 1 heterocycles. The molecule has 0 spiro atoms. The average molecular weight is 373 g/mol. The standard InChI is InChI=1S/C22H32N2O3/c1-23(19-10-17-12-20(25)13-18(17)11-19)14-16-4-6-21(7-5-16)27-15-22(26)24-8-2-3-9-24/h4-7,17-20,25H,2-3,8-15H2,1H3/t17-,18+,19?,20?. The van der Waals surface area contributed by atoms with Gasteiger partial charge in [-0.05, 0) is 75.1 Å². The van der Waals surface area contributed by atoms with Crippen molar-refractivity contribution in [2.45, 2.75) is 57.2 Å². The van der Waals surface area contributed by atoms with E-state index in [9.17, 15) is 9.90 Å². The van der Waals surface area contributed by atoms with Gasteiger partial charge in [0.1, 0.15) is 5.75 Å². The van der Waals surface area contributed by atoms with Gasteiger partial charge >= 0.3 is 0 Å². The van der Waals surface area contributed by atoms with Gasteiger partial charge in [0.05, 0.1) is 6.10 Å². The van der Waals surface area contributed by atoms with Crippen molar-refractivity contribution >= 4 is 5.91 Å². The zero-order chi connectivity index (χ0) is 18.8. The van der Waals surface area contributed by atoms with Crippen LogP contribution in [0.5, 0.6) is 5.75 Å². The second-order valence-corrected chi connectivity index (χ2v) is 8.71. The topological polar surface area (TPSA) is 53.0 Å². The Kier molecular flexibility index (Phi) is 5.69. The number of hydrogen-bond acceptors (Lipinski definition) is 4. The van der Waals surface area contributed by atoms with Crippen molar-refractivity contribution in [3.8, 4) is 5.75 Å². The summed E-state index contributed by atoms with van der Waals surface area (Å²) in [7, 11) is 2.21. The number of hydrogen-bond donors (Lipinski definition) is 1. The Balaban J connectivity index is 1.23. The lowest BCUT2D eigenvalue weighted by Crippen LogP contribution is -2.32. The first-order valence-electron chi connectivity index (χ1n) is 10.5. The van der Waals surface area contributed by atoms with Crippen LogP contribution in [0.1, 0.15) is 44.1 Å². The molecule has 4 rings (SSSR count). The van der Waals surface area contributed by atoms with Gasteiger partial charge in [0.25, 0.3) is 5.91 Å². The fourth-order valence-corrected chi connectivity index (χ4v) is 5.22. The Morgan fingerprint density at radius 3 is 2.37 bits per heavy atom. The lowest BCUT2D eigenvalue weighted by molar-refractivity contribution is -0.132. The first kappa shape index (κ1) is 18.8. The maximum Gasteiger partial charge on any atom is 0.260 e. The Hall–Kier alpha value is -1.59. The molecule has 27 heavy (non-hydrogen) atoms. The molecule has 1 aliphatic heterocycles. The van der Waals surface area contributed by atoms with Crippen LogP contribution in [0.2, 0.25) is 0 Å². The van der Waals surface area contributed by atoms with E-state index in [0.717, 1.165) is 62.9 Å². The molecule has 1 aromatic rings. The average Bonchev–Trinajstić information content (AvgIpc) is 3.37. The summed E-state index contributed by atoms with van der Waals surface area (Å²) in [5.41, 5.74) is 1.27. The van der Waals surface area contributed by atoms with Crippen molar-refractivity contribution < 1.29 is 14.6 Å². The van der Waals surface area contributed by atoms with Crippen molar-refractivity contribution in [2.24, 2.45) is 11.8 Å². The Labute approximate surface area is 162 Å². The van der Waals surface area contributed by atoms with Crippen molar-refractivity contribution in [3.63, 3.8) is 0 Å². The molecule has 3 aliphatic rings. The number of rotatable bonds is 6. The van der Waals surface area contributed by atoms with E-state index in [2.05, 4.69) is 24.1 Å². The van der Waals surface area contributed by atoms with Crippen molar-refractivity contribution in [2.75, 3.05) is 26.7 Å². The molecular formula is C22H32N2O3. The van der Waals surface area contributed by atoms with Crippen LogP contribution in [0.25, 0.3) is 0 Å². The van der Waals surface area contributed by atoms with Gasteiger partial charge in [-0.1, -0.05) is 12.1 Å². The fraction of sp³-hybridized carbons (Fsp3) is 0.682. The zero-order valence-corrected chi connectivity index (χ0v) is 16.3. The van der Waals surface area contributed by atoms with Crippen LogP contribution in [0.15, 0.2) is 24.3 Å². The predicted molar refractivity (Wildman–Crippen MR) is 104 cm³/mol. The number of nitrogens with zero attached hydrogens (tertiary/aromatic N) is 2. The summed E-state index contributed by atoms with van der Waals surface area (Å²) in [6.07, 6.45) is 6.59. The summed E-state index contributed by atoms with van der Waals surface area (Å²) < 4.78 is 5.67. The van der Waals surface area contributed by atoms with E-state index in [0.29, 0.717) is 6.04 Å². The third-order valence-corrected chi connectivity index (χ3v) is 6.77. The zero-order valence-electron chi connectivity index (χ0n) is 16.3. The van der Waals surface area contributed by atoms with Crippen LogP contribution in [0, 0.1) is 11.8 Å². The van der Waals surface area contributed by atoms with Gasteiger partial charge < -0.3 is 14.7 Å². The summed E-state index contributed by atoms with van der Waals surface area (Å²) in [4.78, 5) is 16.4. The molecule has 2 saturated carbocycles. The third-order valence-electron chi connectivity index (χ3n) is 6.77. The number of carbonyl (C=O) groups excluding carboxylic acids is 1. The third kappa shape index (κ3) is 4.46. The molecule has 5 nitrogen and oxygen atoms in total. The lowest BCUT2D eigenvalue weighted by Gasteiger charge is -2.25. The normalized spacial score (nSPS) is 30.1. The molecule has 3 fully saturated rings. The largest absolute Gasteiger partial charge is 0.484 e. The molecule has 1 aromatic carbocycles. The highest BCUT2D eigenvalue weighted by Crippen LogP contribution is 2.45. The monoisotopic (exact) mass is 372 g/mol. The van der Waals surface area contributed by atoms with Crippen LogP contribution in [0.3, 0.4) is 0 Å². The first-order valence-corrected chi connectivity index (χ1v) is 10.5. The molecule has 0 radical (unpaired) electrons. The Bertz CT molecular complexity index is 627. The first-order chi connectivity index (χ1) is 13.1. The molecule has 4 atom stereocenters. The number of amides is 1. The van der Waals surface area contributed by atoms with Crippen molar-refractivity contribution in [1.82, 2.24) is 9.80 Å². The van der Waals surface area contributed by atoms with Gasteiger partial charge in [0.15, 0.2) is 6.61 Å². The fourth-order valence-electron chi connectivity index (χ4n) is 5.22. The highest BCUT2D eigenvalue weighted by atomic mass is 16.5. The maximum absolute atomic E-state index is 12.1. The second-order valence-electron chi connectivity index (χ2n) is 8.71. The van der Waals surface area contributed by atoms with Gasteiger partial charge in [0, 0.05) is 25.7 Å². The molecule has 1 amide bonds. The molecule has 148 valence electrons. The van der Waals surface area contributed by atoms with Crippen LogP contribution < -0.4 is 4.74 Å². The summed E-state index contributed by atoms with van der Waals surface area (Å²) in [6, 6.07) is 8.78. The van der Waals surface area contributed by atoms with Crippen LogP contribution in [0.4, 0.5) is 0 Å². The minimum Gasteiger partial charge on any atom is -0.484 e. The summed E-state index contributed by atoms with van der Waals surface area (Å²) >= 11 is 0. The molecule has 0 bridgehead atoms. The number of aliphatic hydroxyl groups excluding tert-OH is 1. The molecule has 1 N–H and O–H groups in total. The molecule has 0 aromatic heterocycles. The van der Waals surface area contributed by atoms with Crippen molar-refractivity contribution in [1.29, 1.82) is 0 Å². The minimum atomic E-state index is -0.0591. The Morgan fingerprint density at radius 2 is 1.74 bits per heavy atom. The minimum absolute atomic E-state index is 0.0591. The maximum atomic E-state index is 12.1. The van der Waals surface area contributed by atoms with Crippen LogP contribution >= 0.6 is 0 Å². The smallest absolute Gasteiger partial charge is 0.260 e. The number of aliphatic hydroxyl groups is 1. The van der Waals surface area contributed by atoms with E-state index < -0.39 is 0 Å². The number of benzene rings is 1. The molecule has 2 unspecified atom stereocenters. The van der Waals surface area contributed by atoms with E-state index in [1.54, 1.807) is 0 Å². The van der Waals surface area contributed by atoms with Gasteiger partial charge in [-0.3, -0.25) is 9.69 Å². The van der Waals surface area contributed by atoms with Gasteiger partial charge in [-0.25, -0.2) is 0 Å². The summed E-state index contributed by atoms with van der Waals surface area (Å²) in [5, 5.41) is 9.81. The summed E-state index contributed by atoms with van der Waals surface area (Å²) in [5.74, 6) is 2.29. The van der Waals surface area contributed by atoms with Crippen LogP contribution in [-0.4, -0.2) is 59.7 Å². The molecule has 5 heteroatoms. The SMILES string of the molecule is CN(Cc1ccc(OCC(=O)N2CCCC2)cc1)C1C[C@H]2CC(O)C[C@H]2C1. The van der Waals surface area contributed by atoms with Gasteiger partial charge in [-0.2, -0.15) is 0 Å². The van der Waals surface area contributed by atoms with E-state index in [4.69, 9.17) is 4.74 Å². The van der Waals surface area contributed by atoms with Gasteiger partial charge in [-0.15, -0.1) is 0 Å². The van der Waals surface area contributed by atoms with Crippen molar-refractivity contribution in [3.05, 3.63) is 29.8 Å². The van der Waals surface area contributed by atoms with Gasteiger partial charge in [0.2, 0.25) is 0 Å². The van der Waals surface area contributed by atoms with E-state index >= 15 is 0 Å². The Morgan fingerprint density at radius 1 is 1.11 bits per heavy atom. The van der Waals surface area contributed by atoms with E-state index in [1.807, 2.05) is 17.0 Å². The summed E-state index contributed by atoms with van der Waals surface area (Å²) in [6.45, 7) is 2.81. The van der Waals surface area contributed by atoms with Crippen LogP contribution in [-0.2, 0) is 11.3 Å². The molecular weight excluding hydrogens is 340 g/mol. The van der Waals surface area contributed by atoms with E-state index in [-0.39, 0.29) is 18.6 Å². The predicted octanol–water partition coefficient (Wildman–Crippen LogP) is 2.67.